The van der Waals surface area contributed by atoms with Crippen molar-refractivity contribution in [3.63, 3.8) is 0 Å². The first kappa shape index (κ1) is 24.9. The molecule has 0 saturated carbocycles. The molecule has 0 unspecified atom stereocenters. The van der Waals surface area contributed by atoms with Gasteiger partial charge in [-0.15, -0.1) is 0 Å². The third-order valence-corrected chi connectivity index (χ3v) is 6.84. The Hall–Kier alpha value is -1.39. The zero-order valence-corrected chi connectivity index (χ0v) is 19.8. The van der Waals surface area contributed by atoms with Crippen molar-refractivity contribution in [2.24, 2.45) is 0 Å². The summed E-state index contributed by atoms with van der Waals surface area (Å²) in [5.41, 5.74) is 2.59. The fourth-order valence-electron chi connectivity index (χ4n) is 4.21. The molecule has 0 atom stereocenters. The maximum Gasteiger partial charge on any atom is 0.294 e. The molecule has 4 heteroatoms. The van der Waals surface area contributed by atoms with Gasteiger partial charge in [-0.1, -0.05) is 96.3 Å². The summed E-state index contributed by atoms with van der Waals surface area (Å²) in [7, 11) is -4.18. The van der Waals surface area contributed by atoms with Gasteiger partial charge in [0.2, 0.25) is 0 Å². The standard InChI is InChI=1S/C26H40O3S/c1-3-5-7-9-11-13-15-22-19-23(16-14-12-10-8-6-4-2)26-18-17-25(30(27,28)29)21-24(26)20-22/h17-21H,3-16H2,1-2H3,(H,27,28,29). The van der Waals surface area contributed by atoms with Gasteiger partial charge in [-0.2, -0.15) is 8.42 Å². The van der Waals surface area contributed by atoms with E-state index >= 15 is 0 Å². The fourth-order valence-corrected chi connectivity index (χ4v) is 4.73. The van der Waals surface area contributed by atoms with E-state index in [1.165, 1.54) is 94.2 Å². The lowest BCUT2D eigenvalue weighted by Crippen LogP contribution is -1.99. The molecule has 2 aromatic rings. The Kier molecular flexibility index (Phi) is 10.9. The van der Waals surface area contributed by atoms with E-state index in [2.05, 4.69) is 26.0 Å². The molecule has 0 spiro atoms. The van der Waals surface area contributed by atoms with Crippen molar-refractivity contribution in [2.45, 2.75) is 109 Å². The second kappa shape index (κ2) is 13.1. The van der Waals surface area contributed by atoms with E-state index in [-0.39, 0.29) is 4.90 Å². The first-order valence-electron chi connectivity index (χ1n) is 12.0. The lowest BCUT2D eigenvalue weighted by atomic mass is 9.94. The SMILES string of the molecule is CCCCCCCCc1cc(CCCCCCCC)c2ccc(S(=O)(=O)O)cc2c1. The van der Waals surface area contributed by atoms with Crippen LogP contribution in [-0.2, 0) is 23.0 Å². The summed E-state index contributed by atoms with van der Waals surface area (Å²) >= 11 is 0. The maximum absolute atomic E-state index is 11.6. The minimum absolute atomic E-state index is 0.0165. The van der Waals surface area contributed by atoms with Crippen molar-refractivity contribution in [3.05, 3.63) is 41.5 Å². The summed E-state index contributed by atoms with van der Waals surface area (Å²) < 4.78 is 32.6. The second-order valence-corrected chi connectivity index (χ2v) is 10.1. The number of fused-ring (bicyclic) bond motifs is 1. The van der Waals surface area contributed by atoms with Crippen LogP contribution in [0.5, 0.6) is 0 Å². The van der Waals surface area contributed by atoms with Gasteiger partial charge in [0.15, 0.2) is 0 Å². The predicted molar refractivity (Wildman–Crippen MR) is 128 cm³/mol. The quantitative estimate of drug-likeness (QED) is 0.230. The topological polar surface area (TPSA) is 54.4 Å². The van der Waals surface area contributed by atoms with Gasteiger partial charge in [-0.25, -0.2) is 0 Å². The number of aryl methyl sites for hydroxylation is 2. The monoisotopic (exact) mass is 432 g/mol. The Morgan fingerprint density at radius 3 is 1.87 bits per heavy atom. The molecule has 0 aliphatic rings. The van der Waals surface area contributed by atoms with Gasteiger partial charge < -0.3 is 0 Å². The van der Waals surface area contributed by atoms with Crippen molar-refractivity contribution in [2.75, 3.05) is 0 Å². The Morgan fingerprint density at radius 2 is 1.27 bits per heavy atom. The van der Waals surface area contributed by atoms with Crippen molar-refractivity contribution in [3.8, 4) is 0 Å². The summed E-state index contributed by atoms with van der Waals surface area (Å²) in [5.74, 6) is 0. The van der Waals surface area contributed by atoms with Gasteiger partial charge in [0, 0.05) is 0 Å². The van der Waals surface area contributed by atoms with Crippen LogP contribution in [0, 0.1) is 0 Å². The molecule has 2 aromatic carbocycles. The van der Waals surface area contributed by atoms with E-state index in [0.717, 1.165) is 23.6 Å². The van der Waals surface area contributed by atoms with E-state index in [4.69, 9.17) is 0 Å². The Balaban J connectivity index is 2.12. The fraction of sp³-hybridized carbons (Fsp3) is 0.615. The third-order valence-electron chi connectivity index (χ3n) is 5.99. The smallest absolute Gasteiger partial charge is 0.282 e. The van der Waals surface area contributed by atoms with Crippen LogP contribution in [0.4, 0.5) is 0 Å². The molecule has 168 valence electrons. The average molecular weight is 433 g/mol. The highest BCUT2D eigenvalue weighted by Crippen LogP contribution is 2.27. The molecule has 0 aromatic heterocycles. The van der Waals surface area contributed by atoms with Gasteiger partial charge >= 0.3 is 0 Å². The van der Waals surface area contributed by atoms with Crippen LogP contribution in [0.2, 0.25) is 0 Å². The van der Waals surface area contributed by atoms with Crippen LogP contribution < -0.4 is 0 Å². The van der Waals surface area contributed by atoms with Crippen LogP contribution in [0.3, 0.4) is 0 Å². The van der Waals surface area contributed by atoms with Crippen molar-refractivity contribution in [1.29, 1.82) is 0 Å². The summed E-state index contributed by atoms with van der Waals surface area (Å²) in [6.45, 7) is 4.48. The number of hydrogen-bond acceptors (Lipinski definition) is 2. The molecular formula is C26H40O3S. The van der Waals surface area contributed by atoms with E-state index in [0.29, 0.717) is 0 Å². The zero-order valence-electron chi connectivity index (χ0n) is 19.0. The minimum Gasteiger partial charge on any atom is -0.282 e. The van der Waals surface area contributed by atoms with Gasteiger partial charge in [-0.05, 0) is 59.7 Å². The van der Waals surface area contributed by atoms with Gasteiger partial charge in [0.05, 0.1) is 4.90 Å². The summed E-state index contributed by atoms with van der Waals surface area (Å²) in [6.07, 6.45) is 17.2. The first-order chi connectivity index (χ1) is 14.5. The lowest BCUT2D eigenvalue weighted by molar-refractivity contribution is 0.483. The zero-order chi connectivity index (χ0) is 21.8. The number of benzene rings is 2. The number of hydrogen-bond donors (Lipinski definition) is 1. The summed E-state index contributed by atoms with van der Waals surface area (Å²) in [4.78, 5) is -0.0165. The lowest BCUT2D eigenvalue weighted by Gasteiger charge is -2.12. The van der Waals surface area contributed by atoms with E-state index in [1.54, 1.807) is 6.07 Å². The molecule has 0 amide bonds. The Morgan fingerprint density at radius 1 is 0.700 bits per heavy atom. The van der Waals surface area contributed by atoms with Gasteiger partial charge in [-0.3, -0.25) is 4.55 Å². The highest BCUT2D eigenvalue weighted by Gasteiger charge is 2.12. The molecule has 0 bridgehead atoms. The molecule has 1 N–H and O–H groups in total. The van der Waals surface area contributed by atoms with E-state index < -0.39 is 10.1 Å². The molecule has 0 aliphatic heterocycles. The molecule has 3 nitrogen and oxygen atoms in total. The molecule has 0 radical (unpaired) electrons. The Bertz CT molecular complexity index is 871. The van der Waals surface area contributed by atoms with Crippen LogP contribution in [-0.4, -0.2) is 13.0 Å². The molecular weight excluding hydrogens is 392 g/mol. The number of rotatable bonds is 15. The second-order valence-electron chi connectivity index (χ2n) is 8.65. The molecule has 0 heterocycles. The van der Waals surface area contributed by atoms with E-state index in [9.17, 15) is 13.0 Å². The molecule has 30 heavy (non-hydrogen) atoms. The predicted octanol–water partition coefficient (Wildman–Crippen LogP) is 7.89. The normalized spacial score (nSPS) is 12.0. The van der Waals surface area contributed by atoms with Crippen LogP contribution in [0.15, 0.2) is 35.2 Å². The Labute approximate surface area is 184 Å². The van der Waals surface area contributed by atoms with Crippen molar-refractivity contribution in [1.82, 2.24) is 0 Å². The van der Waals surface area contributed by atoms with Crippen LogP contribution >= 0.6 is 0 Å². The maximum atomic E-state index is 11.6. The highest BCUT2D eigenvalue weighted by atomic mass is 32.2. The molecule has 2 rings (SSSR count). The molecule has 0 aliphatic carbocycles. The average Bonchev–Trinajstić information content (AvgIpc) is 2.72. The third kappa shape index (κ3) is 8.39. The van der Waals surface area contributed by atoms with Crippen LogP contribution in [0.25, 0.3) is 10.8 Å². The molecule has 0 saturated heterocycles. The van der Waals surface area contributed by atoms with Gasteiger partial charge in [0.1, 0.15) is 0 Å². The summed E-state index contributed by atoms with van der Waals surface area (Å²) in [6, 6.07) is 9.45. The highest BCUT2D eigenvalue weighted by molar-refractivity contribution is 7.85. The largest absolute Gasteiger partial charge is 0.294 e. The van der Waals surface area contributed by atoms with Crippen molar-refractivity contribution < 1.29 is 13.0 Å². The summed E-state index contributed by atoms with van der Waals surface area (Å²) in [5, 5.41) is 2.04. The minimum atomic E-state index is -4.18. The molecule has 0 fully saturated rings. The van der Waals surface area contributed by atoms with E-state index in [1.807, 2.05) is 6.07 Å². The number of unbranched alkanes of at least 4 members (excludes halogenated alkanes) is 10. The van der Waals surface area contributed by atoms with Gasteiger partial charge in [0.25, 0.3) is 10.1 Å². The van der Waals surface area contributed by atoms with Crippen LogP contribution in [0.1, 0.15) is 102 Å². The first-order valence-corrected chi connectivity index (χ1v) is 13.4. The van der Waals surface area contributed by atoms with Crippen molar-refractivity contribution >= 4 is 20.9 Å².